The molecule has 0 spiro atoms. The molecule has 0 bridgehead atoms. The molecule has 0 radical (unpaired) electrons. The molecule has 1 aromatic rings. The topological polar surface area (TPSA) is 46.6 Å². The number of carbonyl (C=O) groups excluding carboxylic acids is 2. The van der Waals surface area contributed by atoms with E-state index in [1.165, 1.54) is 0 Å². The van der Waals surface area contributed by atoms with Crippen LogP contribution in [0.5, 0.6) is 0 Å². The lowest BCUT2D eigenvalue weighted by atomic mass is 10.1. The number of hydrogen-bond acceptors (Lipinski definition) is 4. The van der Waals surface area contributed by atoms with Gasteiger partial charge in [-0.15, -0.1) is 11.8 Å². The Morgan fingerprint density at radius 2 is 1.83 bits per heavy atom. The number of amides is 1. The summed E-state index contributed by atoms with van der Waals surface area (Å²) < 4.78 is 5.40. The molecule has 1 aromatic carbocycles. The Labute approximate surface area is 148 Å². The molecular formula is C19H27NO3S. The predicted octanol–water partition coefficient (Wildman–Crippen LogP) is 3.73. The first kappa shape index (κ1) is 18.8. The van der Waals surface area contributed by atoms with Gasteiger partial charge in [0.05, 0.1) is 12.0 Å². The van der Waals surface area contributed by atoms with Gasteiger partial charge in [-0.25, -0.2) is 4.79 Å². The van der Waals surface area contributed by atoms with E-state index in [1.807, 2.05) is 45.0 Å². The van der Waals surface area contributed by atoms with E-state index < -0.39 is 6.04 Å². The second-order valence-electron chi connectivity index (χ2n) is 7.09. The SMILES string of the molecule is Cc1ccc(C(=O)N2C(C(=O)OCC(C)C)CSC2C(C)C)cc1. The highest BCUT2D eigenvalue weighted by atomic mass is 32.2. The monoisotopic (exact) mass is 349 g/mol. The Bertz CT molecular complexity index is 583. The summed E-state index contributed by atoms with van der Waals surface area (Å²) in [5.41, 5.74) is 1.73. The minimum absolute atomic E-state index is 0.00426. The fourth-order valence-electron chi connectivity index (χ4n) is 2.67. The first-order valence-corrected chi connectivity index (χ1v) is 9.53. The normalized spacial score (nSPS) is 20.7. The van der Waals surface area contributed by atoms with Gasteiger partial charge in [0.1, 0.15) is 6.04 Å². The molecule has 1 heterocycles. The van der Waals surface area contributed by atoms with Crippen molar-refractivity contribution >= 4 is 23.6 Å². The van der Waals surface area contributed by atoms with E-state index in [0.717, 1.165) is 5.56 Å². The highest BCUT2D eigenvalue weighted by Crippen LogP contribution is 2.35. The highest BCUT2D eigenvalue weighted by molar-refractivity contribution is 8.00. The molecule has 0 aromatic heterocycles. The van der Waals surface area contributed by atoms with Gasteiger partial charge in [0.2, 0.25) is 0 Å². The molecule has 1 amide bonds. The quantitative estimate of drug-likeness (QED) is 0.760. The number of ether oxygens (including phenoxy) is 1. The molecule has 1 fully saturated rings. The number of rotatable bonds is 5. The maximum atomic E-state index is 13.0. The van der Waals surface area contributed by atoms with E-state index in [9.17, 15) is 9.59 Å². The number of benzene rings is 1. The van der Waals surface area contributed by atoms with Gasteiger partial charge >= 0.3 is 5.97 Å². The number of thioether (sulfide) groups is 1. The van der Waals surface area contributed by atoms with Crippen molar-refractivity contribution in [2.75, 3.05) is 12.4 Å². The van der Waals surface area contributed by atoms with Crippen molar-refractivity contribution in [2.24, 2.45) is 11.8 Å². The van der Waals surface area contributed by atoms with Crippen molar-refractivity contribution in [3.63, 3.8) is 0 Å². The van der Waals surface area contributed by atoms with Crippen LogP contribution in [-0.4, -0.2) is 40.6 Å². The Morgan fingerprint density at radius 3 is 2.38 bits per heavy atom. The van der Waals surface area contributed by atoms with E-state index in [4.69, 9.17) is 4.74 Å². The summed E-state index contributed by atoms with van der Waals surface area (Å²) in [7, 11) is 0. The molecule has 2 rings (SSSR count). The van der Waals surface area contributed by atoms with Crippen LogP contribution >= 0.6 is 11.8 Å². The first-order valence-electron chi connectivity index (χ1n) is 8.48. The van der Waals surface area contributed by atoms with Crippen LogP contribution in [0.4, 0.5) is 0 Å². The molecule has 4 nitrogen and oxygen atoms in total. The van der Waals surface area contributed by atoms with Gasteiger partial charge < -0.3 is 9.64 Å². The highest BCUT2D eigenvalue weighted by Gasteiger charge is 2.43. The molecule has 0 aliphatic carbocycles. The van der Waals surface area contributed by atoms with Crippen LogP contribution in [0.2, 0.25) is 0 Å². The third-order valence-electron chi connectivity index (χ3n) is 3.97. The minimum atomic E-state index is -0.505. The maximum Gasteiger partial charge on any atom is 0.329 e. The van der Waals surface area contributed by atoms with Crippen LogP contribution in [0.1, 0.15) is 43.6 Å². The van der Waals surface area contributed by atoms with Crippen molar-refractivity contribution < 1.29 is 14.3 Å². The molecular weight excluding hydrogens is 322 g/mol. The smallest absolute Gasteiger partial charge is 0.329 e. The Morgan fingerprint density at radius 1 is 1.21 bits per heavy atom. The molecule has 24 heavy (non-hydrogen) atoms. The van der Waals surface area contributed by atoms with E-state index in [2.05, 4.69) is 13.8 Å². The molecule has 1 aliphatic heterocycles. The van der Waals surface area contributed by atoms with Crippen LogP contribution in [0, 0.1) is 18.8 Å². The maximum absolute atomic E-state index is 13.0. The van der Waals surface area contributed by atoms with Crippen LogP contribution < -0.4 is 0 Å². The molecule has 2 atom stereocenters. The Hall–Kier alpha value is -1.49. The summed E-state index contributed by atoms with van der Waals surface area (Å²) in [6, 6.07) is 7.00. The average Bonchev–Trinajstić information content (AvgIpc) is 2.97. The second-order valence-corrected chi connectivity index (χ2v) is 8.24. The van der Waals surface area contributed by atoms with Gasteiger partial charge in [-0.1, -0.05) is 45.4 Å². The standard InChI is InChI=1S/C19H27NO3S/c1-12(2)10-23-19(22)16-11-24-18(13(3)4)20(16)17(21)15-8-6-14(5)7-9-15/h6-9,12-13,16,18H,10-11H2,1-5H3. The van der Waals surface area contributed by atoms with Gasteiger partial charge in [0.25, 0.3) is 5.91 Å². The Balaban J connectivity index is 2.23. The van der Waals surface area contributed by atoms with E-state index in [1.54, 1.807) is 16.7 Å². The first-order chi connectivity index (χ1) is 11.3. The zero-order chi connectivity index (χ0) is 17.9. The summed E-state index contributed by atoms with van der Waals surface area (Å²) in [5, 5.41) is -0.00426. The largest absolute Gasteiger partial charge is 0.464 e. The minimum Gasteiger partial charge on any atom is -0.464 e. The van der Waals surface area contributed by atoms with E-state index in [-0.39, 0.29) is 29.1 Å². The third kappa shape index (κ3) is 4.32. The molecule has 0 N–H and O–H groups in total. The average molecular weight is 349 g/mol. The fourth-order valence-corrected chi connectivity index (χ4v) is 4.13. The van der Waals surface area contributed by atoms with Gasteiger partial charge in [-0.2, -0.15) is 0 Å². The summed E-state index contributed by atoms with van der Waals surface area (Å²) in [5.74, 6) is 0.764. The number of esters is 1. The summed E-state index contributed by atoms with van der Waals surface area (Å²) in [6.07, 6.45) is 0. The van der Waals surface area contributed by atoms with Crippen molar-refractivity contribution in [1.82, 2.24) is 4.90 Å². The zero-order valence-electron chi connectivity index (χ0n) is 15.1. The predicted molar refractivity (Wildman–Crippen MR) is 98.0 cm³/mol. The van der Waals surface area contributed by atoms with Crippen LogP contribution in [-0.2, 0) is 9.53 Å². The number of nitrogens with zero attached hydrogens (tertiary/aromatic N) is 1. The van der Waals surface area contributed by atoms with Crippen LogP contribution in [0.15, 0.2) is 24.3 Å². The summed E-state index contributed by atoms with van der Waals surface area (Å²) in [6.45, 7) is 10.5. The third-order valence-corrected chi connectivity index (χ3v) is 5.59. The molecule has 5 heteroatoms. The zero-order valence-corrected chi connectivity index (χ0v) is 15.9. The van der Waals surface area contributed by atoms with Gasteiger partial charge in [-0.3, -0.25) is 4.79 Å². The van der Waals surface area contributed by atoms with Gasteiger partial charge in [-0.05, 0) is 30.9 Å². The van der Waals surface area contributed by atoms with E-state index >= 15 is 0 Å². The second kappa shape index (κ2) is 8.06. The molecule has 1 saturated heterocycles. The van der Waals surface area contributed by atoms with Crippen LogP contribution in [0.3, 0.4) is 0 Å². The number of aryl methyl sites for hydroxylation is 1. The van der Waals surface area contributed by atoms with Crippen molar-refractivity contribution in [3.8, 4) is 0 Å². The summed E-state index contributed by atoms with van der Waals surface area (Å²) >= 11 is 1.66. The molecule has 0 saturated carbocycles. The lowest BCUT2D eigenvalue weighted by Crippen LogP contribution is -2.48. The van der Waals surface area contributed by atoms with Crippen molar-refractivity contribution in [2.45, 2.75) is 46.0 Å². The molecule has 1 aliphatic rings. The molecule has 2 unspecified atom stereocenters. The fraction of sp³-hybridized carbons (Fsp3) is 0.579. The molecule has 132 valence electrons. The lowest BCUT2D eigenvalue weighted by molar-refractivity contribution is -0.149. The van der Waals surface area contributed by atoms with Crippen molar-refractivity contribution in [1.29, 1.82) is 0 Å². The Kier molecular flexibility index (Phi) is 6.33. The summed E-state index contributed by atoms with van der Waals surface area (Å²) in [4.78, 5) is 27.2. The van der Waals surface area contributed by atoms with Crippen molar-refractivity contribution in [3.05, 3.63) is 35.4 Å². The van der Waals surface area contributed by atoms with E-state index in [0.29, 0.717) is 17.9 Å². The van der Waals surface area contributed by atoms with Crippen LogP contribution in [0.25, 0.3) is 0 Å². The number of carbonyl (C=O) groups is 2. The van der Waals surface area contributed by atoms with Gasteiger partial charge in [0, 0.05) is 11.3 Å². The lowest BCUT2D eigenvalue weighted by Gasteiger charge is -2.30. The number of hydrogen-bond donors (Lipinski definition) is 0. The van der Waals surface area contributed by atoms with Gasteiger partial charge in [0.15, 0.2) is 0 Å².